The van der Waals surface area contributed by atoms with Gasteiger partial charge in [-0.15, -0.1) is 0 Å². The number of carbonyl (C=O) groups is 2. The minimum Gasteiger partial charge on any atom is -0.492 e. The van der Waals surface area contributed by atoms with E-state index in [4.69, 9.17) is 9.47 Å². The minimum absolute atomic E-state index is 0.230. The van der Waals surface area contributed by atoms with E-state index in [9.17, 15) is 18.4 Å². The highest BCUT2D eigenvalue weighted by molar-refractivity contribution is 6.08. The van der Waals surface area contributed by atoms with Crippen LogP contribution in [0, 0.1) is 0 Å². The summed E-state index contributed by atoms with van der Waals surface area (Å²) in [7, 11) is 0. The van der Waals surface area contributed by atoms with Gasteiger partial charge in [-0.1, -0.05) is 18.2 Å². The van der Waals surface area contributed by atoms with E-state index >= 15 is 0 Å². The Balaban J connectivity index is 1.63. The summed E-state index contributed by atoms with van der Waals surface area (Å²) in [5.41, 5.74) is 2.05. The van der Waals surface area contributed by atoms with Gasteiger partial charge in [0.1, 0.15) is 11.5 Å². The van der Waals surface area contributed by atoms with Gasteiger partial charge in [-0.2, -0.15) is 0 Å². The number of H-pyrrole nitrogens is 1. The quantitative estimate of drug-likeness (QED) is 0.273. The van der Waals surface area contributed by atoms with Crippen LogP contribution in [-0.4, -0.2) is 35.0 Å². The summed E-state index contributed by atoms with van der Waals surface area (Å²) in [6, 6.07) is 16.3. The lowest BCUT2D eigenvalue weighted by Gasteiger charge is -2.18. The van der Waals surface area contributed by atoms with E-state index in [1.807, 2.05) is 6.07 Å². The lowest BCUT2D eigenvalue weighted by atomic mass is 10.1. The van der Waals surface area contributed by atoms with Crippen molar-refractivity contribution in [3.63, 3.8) is 0 Å². The fourth-order valence-electron chi connectivity index (χ4n) is 3.56. The molecule has 10 heteroatoms. The topological polar surface area (TPSA) is 105 Å². The lowest BCUT2D eigenvalue weighted by molar-refractivity contribution is 0.101. The first-order chi connectivity index (χ1) is 17.4. The maximum Gasteiger partial charge on any atom is 0.295 e. The van der Waals surface area contributed by atoms with E-state index in [2.05, 4.69) is 20.6 Å². The number of ether oxygens (including phenoxy) is 2. The fraction of sp³-hybridized carbons (Fsp3) is 0.192. The summed E-state index contributed by atoms with van der Waals surface area (Å²) >= 11 is 0. The molecule has 0 bridgehead atoms. The number of halogens is 2. The number of aromatic amines is 1. The van der Waals surface area contributed by atoms with E-state index in [-0.39, 0.29) is 11.5 Å². The van der Waals surface area contributed by atoms with Gasteiger partial charge in [-0.3, -0.25) is 9.59 Å². The Hall–Kier alpha value is -4.47. The molecule has 0 fully saturated rings. The van der Waals surface area contributed by atoms with Gasteiger partial charge < -0.3 is 25.1 Å². The first-order valence-corrected chi connectivity index (χ1v) is 11.3. The van der Waals surface area contributed by atoms with E-state index in [0.29, 0.717) is 52.7 Å². The Bertz CT molecular complexity index is 1390. The third kappa shape index (κ3) is 5.43. The molecular weight excluding hydrogens is 470 g/mol. The highest BCUT2D eigenvalue weighted by Crippen LogP contribution is 2.37. The summed E-state index contributed by atoms with van der Waals surface area (Å²) in [5.74, 6) is -0.622. The van der Waals surface area contributed by atoms with Crippen molar-refractivity contribution in [2.75, 3.05) is 23.8 Å². The number of amides is 2. The smallest absolute Gasteiger partial charge is 0.295 e. The van der Waals surface area contributed by atoms with Crippen LogP contribution < -0.4 is 20.1 Å². The van der Waals surface area contributed by atoms with Crippen LogP contribution in [0.1, 0.15) is 46.8 Å². The molecule has 3 aromatic carbocycles. The minimum atomic E-state index is -2.75. The van der Waals surface area contributed by atoms with Gasteiger partial charge in [-0.05, 0) is 44.2 Å². The Morgan fingerprint density at radius 1 is 0.861 bits per heavy atom. The number of hydrogen-bond donors (Lipinski definition) is 3. The fourth-order valence-corrected chi connectivity index (χ4v) is 3.56. The predicted molar refractivity (Wildman–Crippen MR) is 132 cm³/mol. The maximum atomic E-state index is 13.0. The highest BCUT2D eigenvalue weighted by atomic mass is 19.3. The summed E-state index contributed by atoms with van der Waals surface area (Å²) < 4.78 is 37.3. The SMILES string of the molecule is CCOc1cc(NC(=O)c2ccc3nc(C(F)F)[nH]c3c2)c(OCC)cc1NC(=O)c1ccccc1. The Morgan fingerprint density at radius 3 is 2.00 bits per heavy atom. The van der Waals surface area contributed by atoms with E-state index < -0.39 is 18.2 Å². The van der Waals surface area contributed by atoms with Gasteiger partial charge in [-0.25, -0.2) is 13.8 Å². The molecule has 36 heavy (non-hydrogen) atoms. The molecule has 0 unspecified atom stereocenters. The van der Waals surface area contributed by atoms with Crippen LogP contribution in [0.15, 0.2) is 60.7 Å². The number of nitrogens with zero attached hydrogens (tertiary/aromatic N) is 1. The van der Waals surface area contributed by atoms with Gasteiger partial charge in [0.2, 0.25) is 0 Å². The largest absolute Gasteiger partial charge is 0.492 e. The molecule has 2 amide bonds. The second kappa shape index (κ2) is 10.9. The average Bonchev–Trinajstić information content (AvgIpc) is 3.31. The number of fused-ring (bicyclic) bond motifs is 1. The molecular formula is C26H24F2N4O4. The van der Waals surface area contributed by atoms with Gasteiger partial charge in [0, 0.05) is 23.3 Å². The Labute approximate surface area is 205 Å². The number of anilines is 2. The molecule has 186 valence electrons. The molecule has 0 saturated heterocycles. The summed E-state index contributed by atoms with van der Waals surface area (Å²) in [6.45, 7) is 4.21. The number of aromatic nitrogens is 2. The second-order valence-electron chi connectivity index (χ2n) is 7.64. The van der Waals surface area contributed by atoms with Crippen LogP contribution in [0.2, 0.25) is 0 Å². The molecule has 3 N–H and O–H groups in total. The van der Waals surface area contributed by atoms with E-state index in [1.54, 1.807) is 50.2 Å². The Kier molecular flexibility index (Phi) is 7.43. The van der Waals surface area contributed by atoms with Crippen molar-refractivity contribution >= 4 is 34.2 Å². The average molecular weight is 494 g/mol. The van der Waals surface area contributed by atoms with E-state index in [0.717, 1.165) is 0 Å². The monoisotopic (exact) mass is 494 g/mol. The number of benzene rings is 3. The zero-order chi connectivity index (χ0) is 25.7. The molecule has 0 radical (unpaired) electrons. The molecule has 4 rings (SSSR count). The molecule has 1 aromatic heterocycles. The Morgan fingerprint density at radius 2 is 1.44 bits per heavy atom. The van der Waals surface area contributed by atoms with Gasteiger partial charge >= 0.3 is 0 Å². The summed E-state index contributed by atoms with van der Waals surface area (Å²) in [6.07, 6.45) is -2.75. The van der Waals surface area contributed by atoms with Crippen LogP contribution >= 0.6 is 0 Å². The van der Waals surface area contributed by atoms with Crippen molar-refractivity contribution in [1.29, 1.82) is 0 Å². The van der Waals surface area contributed by atoms with Crippen LogP contribution in [0.25, 0.3) is 11.0 Å². The standard InChI is InChI=1S/C26H24F2N4O4/c1-3-35-21-14-20(22(36-4-2)13-19(21)31-25(33)15-8-6-5-7-9-15)32-26(34)16-10-11-17-18(12-16)30-24(29-17)23(27)28/h5-14,23H,3-4H2,1-2H3,(H,29,30)(H,31,33)(H,32,34). The third-order valence-corrected chi connectivity index (χ3v) is 5.18. The third-order valence-electron chi connectivity index (χ3n) is 5.18. The van der Waals surface area contributed by atoms with Gasteiger partial charge in [0.15, 0.2) is 5.82 Å². The number of nitrogens with one attached hydrogen (secondary N) is 3. The first-order valence-electron chi connectivity index (χ1n) is 11.3. The molecule has 0 spiro atoms. The molecule has 0 aliphatic heterocycles. The van der Waals surface area contributed by atoms with Gasteiger partial charge in [0.05, 0.1) is 35.6 Å². The number of rotatable bonds is 9. The van der Waals surface area contributed by atoms with Crippen LogP contribution in [0.3, 0.4) is 0 Å². The van der Waals surface area contributed by atoms with Crippen LogP contribution in [-0.2, 0) is 0 Å². The molecule has 0 aliphatic carbocycles. The highest BCUT2D eigenvalue weighted by Gasteiger charge is 2.19. The van der Waals surface area contributed by atoms with Crippen molar-refractivity contribution in [2.24, 2.45) is 0 Å². The van der Waals surface area contributed by atoms with Gasteiger partial charge in [0.25, 0.3) is 18.2 Å². The molecule has 0 aliphatic rings. The van der Waals surface area contributed by atoms with Crippen molar-refractivity contribution < 1.29 is 27.8 Å². The number of hydrogen-bond acceptors (Lipinski definition) is 5. The lowest BCUT2D eigenvalue weighted by Crippen LogP contribution is -2.15. The van der Waals surface area contributed by atoms with Crippen molar-refractivity contribution in [3.05, 3.63) is 77.6 Å². The summed E-state index contributed by atoms with van der Waals surface area (Å²) in [5, 5.41) is 5.60. The first kappa shape index (κ1) is 24.6. The zero-order valence-corrected chi connectivity index (χ0v) is 19.6. The van der Waals surface area contributed by atoms with Crippen molar-refractivity contribution in [1.82, 2.24) is 9.97 Å². The number of carbonyl (C=O) groups excluding carboxylic acids is 2. The number of imidazole rings is 1. The van der Waals surface area contributed by atoms with Crippen LogP contribution in [0.5, 0.6) is 11.5 Å². The molecule has 0 atom stereocenters. The molecule has 0 saturated carbocycles. The zero-order valence-electron chi connectivity index (χ0n) is 19.6. The second-order valence-corrected chi connectivity index (χ2v) is 7.64. The molecule has 1 heterocycles. The predicted octanol–water partition coefficient (Wildman–Crippen LogP) is 5.80. The normalized spacial score (nSPS) is 10.9. The van der Waals surface area contributed by atoms with Crippen molar-refractivity contribution in [2.45, 2.75) is 20.3 Å². The number of alkyl halides is 2. The summed E-state index contributed by atoms with van der Waals surface area (Å²) in [4.78, 5) is 32.1. The molecule has 4 aromatic rings. The van der Waals surface area contributed by atoms with E-state index in [1.165, 1.54) is 18.2 Å². The van der Waals surface area contributed by atoms with Crippen molar-refractivity contribution in [3.8, 4) is 11.5 Å². The maximum absolute atomic E-state index is 13.0. The molecule has 8 nitrogen and oxygen atoms in total. The van der Waals surface area contributed by atoms with Crippen LogP contribution in [0.4, 0.5) is 20.2 Å².